The van der Waals surface area contributed by atoms with E-state index in [1.54, 1.807) is 6.20 Å². The molecule has 2 aliphatic heterocycles. The van der Waals surface area contributed by atoms with E-state index in [9.17, 15) is 4.79 Å². The van der Waals surface area contributed by atoms with E-state index in [4.69, 9.17) is 0 Å². The van der Waals surface area contributed by atoms with E-state index in [0.29, 0.717) is 11.2 Å². The molecule has 0 radical (unpaired) electrons. The predicted octanol–water partition coefficient (Wildman–Crippen LogP) is 2.49. The summed E-state index contributed by atoms with van der Waals surface area (Å²) in [7, 11) is 0. The van der Waals surface area contributed by atoms with Crippen molar-refractivity contribution in [2.45, 2.75) is 26.2 Å². The van der Waals surface area contributed by atoms with Gasteiger partial charge in [-0.3, -0.25) is 4.79 Å². The highest BCUT2D eigenvalue weighted by molar-refractivity contribution is 9.10. The maximum Gasteiger partial charge on any atom is 0.228 e. The Hall–Kier alpha value is -0.980. The van der Waals surface area contributed by atoms with Crippen LogP contribution in [-0.4, -0.2) is 48.5 Å². The van der Waals surface area contributed by atoms with E-state index in [-0.39, 0.29) is 11.8 Å². The van der Waals surface area contributed by atoms with Crippen molar-refractivity contribution in [1.29, 1.82) is 0 Å². The van der Waals surface area contributed by atoms with Crippen LogP contribution >= 0.6 is 15.9 Å². The van der Waals surface area contributed by atoms with Gasteiger partial charge in [-0.2, -0.15) is 0 Å². The Kier molecular flexibility index (Phi) is 5.34. The van der Waals surface area contributed by atoms with Crippen LogP contribution < -0.4 is 10.6 Å². The Bertz CT molecular complexity index is 534. The average Bonchev–Trinajstić information content (AvgIpc) is 2.96. The number of likely N-dealkylation sites (tertiary alicyclic amines) is 1. The van der Waals surface area contributed by atoms with Crippen molar-refractivity contribution >= 4 is 27.7 Å². The van der Waals surface area contributed by atoms with Crippen LogP contribution in [0.15, 0.2) is 22.8 Å². The standard InChI is InChI=1S/C17H25BrN4O/c1-17(6-7-19-11-17)12-22-8-4-13(5-9-22)16(23)21-15-3-2-14(18)10-20-15/h2-3,10,13,19H,4-9,11-12H2,1H3,(H,20,21,23). The number of piperidine rings is 1. The predicted molar refractivity (Wildman–Crippen MR) is 95.3 cm³/mol. The first-order chi connectivity index (χ1) is 11.0. The zero-order valence-electron chi connectivity index (χ0n) is 13.6. The molecule has 3 heterocycles. The first-order valence-corrected chi connectivity index (χ1v) is 9.19. The van der Waals surface area contributed by atoms with Crippen molar-refractivity contribution in [3.05, 3.63) is 22.8 Å². The normalized spacial score (nSPS) is 26.3. The van der Waals surface area contributed by atoms with Gasteiger partial charge >= 0.3 is 0 Å². The lowest BCUT2D eigenvalue weighted by atomic mass is 9.87. The van der Waals surface area contributed by atoms with Crippen LogP contribution in [0.1, 0.15) is 26.2 Å². The van der Waals surface area contributed by atoms with Gasteiger partial charge in [0.15, 0.2) is 0 Å². The van der Waals surface area contributed by atoms with Gasteiger partial charge in [-0.15, -0.1) is 0 Å². The van der Waals surface area contributed by atoms with E-state index in [0.717, 1.165) is 50.0 Å². The molecule has 1 amide bonds. The Morgan fingerprint density at radius 3 is 2.87 bits per heavy atom. The lowest BCUT2D eigenvalue weighted by molar-refractivity contribution is -0.121. The highest BCUT2D eigenvalue weighted by Crippen LogP contribution is 2.28. The third-order valence-electron chi connectivity index (χ3n) is 5.00. The summed E-state index contributed by atoms with van der Waals surface area (Å²) in [5.41, 5.74) is 0.399. The molecule has 6 heteroatoms. The summed E-state index contributed by atoms with van der Waals surface area (Å²) in [4.78, 5) is 19.1. The second-order valence-corrected chi connectivity index (χ2v) is 8.05. The SMILES string of the molecule is CC1(CN2CCC(C(=O)Nc3ccc(Br)cn3)CC2)CCNC1. The number of rotatable bonds is 4. The molecule has 5 nitrogen and oxygen atoms in total. The number of carbonyl (C=O) groups is 1. The molecule has 2 fully saturated rings. The molecule has 3 rings (SSSR count). The van der Waals surface area contributed by atoms with Crippen LogP contribution in [0.3, 0.4) is 0 Å². The van der Waals surface area contributed by atoms with Crippen LogP contribution in [0.2, 0.25) is 0 Å². The Morgan fingerprint density at radius 1 is 1.48 bits per heavy atom. The summed E-state index contributed by atoms with van der Waals surface area (Å²) in [5.74, 6) is 0.838. The Balaban J connectivity index is 1.46. The van der Waals surface area contributed by atoms with Crippen molar-refractivity contribution in [3.8, 4) is 0 Å². The number of carbonyl (C=O) groups excluding carboxylic acids is 1. The van der Waals surface area contributed by atoms with Crippen LogP contribution in [0.5, 0.6) is 0 Å². The lowest BCUT2D eigenvalue weighted by Crippen LogP contribution is -2.43. The molecule has 1 unspecified atom stereocenters. The van der Waals surface area contributed by atoms with Crippen molar-refractivity contribution in [1.82, 2.24) is 15.2 Å². The second kappa shape index (κ2) is 7.28. The molecule has 0 bridgehead atoms. The number of nitrogens with one attached hydrogen (secondary N) is 2. The number of hydrogen-bond acceptors (Lipinski definition) is 4. The zero-order valence-corrected chi connectivity index (χ0v) is 15.2. The quantitative estimate of drug-likeness (QED) is 0.842. The van der Waals surface area contributed by atoms with Gasteiger partial charge in [-0.25, -0.2) is 4.98 Å². The summed E-state index contributed by atoms with van der Waals surface area (Å²) >= 11 is 3.35. The number of halogens is 1. The lowest BCUT2D eigenvalue weighted by Gasteiger charge is -2.36. The minimum atomic E-state index is 0.103. The molecular formula is C17H25BrN4O. The highest BCUT2D eigenvalue weighted by Gasteiger charge is 2.33. The summed E-state index contributed by atoms with van der Waals surface area (Å²) in [6.07, 6.45) is 4.83. The maximum absolute atomic E-state index is 12.4. The second-order valence-electron chi connectivity index (χ2n) is 7.14. The fourth-order valence-corrected chi connectivity index (χ4v) is 3.81. The molecule has 2 N–H and O–H groups in total. The topological polar surface area (TPSA) is 57.3 Å². The minimum absolute atomic E-state index is 0.103. The maximum atomic E-state index is 12.4. The van der Waals surface area contributed by atoms with E-state index in [2.05, 4.69) is 43.4 Å². The molecule has 0 aromatic carbocycles. The number of nitrogens with zero attached hydrogens (tertiary/aromatic N) is 2. The first kappa shape index (κ1) is 16.9. The molecule has 1 aromatic rings. The smallest absolute Gasteiger partial charge is 0.228 e. The first-order valence-electron chi connectivity index (χ1n) is 8.40. The van der Waals surface area contributed by atoms with Crippen LogP contribution in [0.25, 0.3) is 0 Å². The van der Waals surface area contributed by atoms with Gasteiger partial charge in [0, 0.05) is 29.7 Å². The van der Waals surface area contributed by atoms with Gasteiger partial charge in [-0.1, -0.05) is 6.92 Å². The summed E-state index contributed by atoms with van der Waals surface area (Å²) in [6.45, 7) is 7.79. The number of hydrogen-bond donors (Lipinski definition) is 2. The molecule has 2 aliphatic rings. The van der Waals surface area contributed by atoms with Gasteiger partial charge in [0.2, 0.25) is 5.91 Å². The summed E-state index contributed by atoms with van der Waals surface area (Å²) in [5, 5.41) is 6.39. The van der Waals surface area contributed by atoms with E-state index in [1.807, 2.05) is 12.1 Å². The van der Waals surface area contributed by atoms with E-state index in [1.165, 1.54) is 6.42 Å². The molecule has 2 saturated heterocycles. The average molecular weight is 381 g/mol. The Labute approximate surface area is 146 Å². The molecule has 1 atom stereocenters. The number of pyridine rings is 1. The highest BCUT2D eigenvalue weighted by atomic mass is 79.9. The molecule has 23 heavy (non-hydrogen) atoms. The van der Waals surface area contributed by atoms with Crippen molar-refractivity contribution in [2.24, 2.45) is 11.3 Å². The Morgan fingerprint density at radius 2 is 2.26 bits per heavy atom. The van der Waals surface area contributed by atoms with E-state index < -0.39 is 0 Å². The summed E-state index contributed by atoms with van der Waals surface area (Å²) < 4.78 is 0.915. The summed E-state index contributed by atoms with van der Waals surface area (Å²) in [6, 6.07) is 3.71. The van der Waals surface area contributed by atoms with Gasteiger partial charge in [0.25, 0.3) is 0 Å². The van der Waals surface area contributed by atoms with Crippen molar-refractivity contribution < 1.29 is 4.79 Å². The molecule has 0 aliphatic carbocycles. The van der Waals surface area contributed by atoms with Crippen LogP contribution in [0, 0.1) is 11.3 Å². The fraction of sp³-hybridized carbons (Fsp3) is 0.647. The molecule has 0 saturated carbocycles. The van der Waals surface area contributed by atoms with E-state index >= 15 is 0 Å². The van der Waals surface area contributed by atoms with Crippen molar-refractivity contribution in [2.75, 3.05) is 38.0 Å². The number of aromatic nitrogens is 1. The molecular weight excluding hydrogens is 356 g/mol. The van der Waals surface area contributed by atoms with Gasteiger partial charge in [0.1, 0.15) is 5.82 Å². The van der Waals surface area contributed by atoms with Gasteiger partial charge in [0.05, 0.1) is 0 Å². The third-order valence-corrected chi connectivity index (χ3v) is 5.47. The fourth-order valence-electron chi connectivity index (χ4n) is 3.57. The number of anilines is 1. The number of amides is 1. The van der Waals surface area contributed by atoms with Crippen molar-refractivity contribution in [3.63, 3.8) is 0 Å². The molecule has 126 valence electrons. The largest absolute Gasteiger partial charge is 0.316 e. The van der Waals surface area contributed by atoms with Crippen LogP contribution in [0.4, 0.5) is 5.82 Å². The third kappa shape index (κ3) is 4.52. The monoisotopic (exact) mass is 380 g/mol. The van der Waals surface area contributed by atoms with Crippen LogP contribution in [-0.2, 0) is 4.79 Å². The van der Waals surface area contributed by atoms with Gasteiger partial charge in [-0.05, 0) is 72.4 Å². The minimum Gasteiger partial charge on any atom is -0.316 e. The van der Waals surface area contributed by atoms with Gasteiger partial charge < -0.3 is 15.5 Å². The molecule has 1 aromatic heterocycles. The zero-order chi connectivity index (χ0) is 16.3. The molecule has 0 spiro atoms.